The molecule has 0 aliphatic carbocycles. The predicted octanol–water partition coefficient (Wildman–Crippen LogP) is 2.18. The number of likely N-dealkylation sites (N-methyl/N-ethyl adjacent to an activating group) is 1. The maximum absolute atomic E-state index is 13.0. The van der Waals surface area contributed by atoms with Gasteiger partial charge in [0.15, 0.2) is 5.65 Å². The molecule has 0 bridgehead atoms. The predicted molar refractivity (Wildman–Crippen MR) is 147 cm³/mol. The molecule has 1 aliphatic heterocycles. The van der Waals surface area contributed by atoms with Gasteiger partial charge in [-0.05, 0) is 51.2 Å². The second-order valence-corrected chi connectivity index (χ2v) is 9.26. The summed E-state index contributed by atoms with van der Waals surface area (Å²) >= 11 is 0. The Bertz CT molecular complexity index is 1380. The summed E-state index contributed by atoms with van der Waals surface area (Å²) in [6.45, 7) is 11.6. The van der Waals surface area contributed by atoms with Gasteiger partial charge >= 0.3 is 0 Å². The normalized spacial score (nSPS) is 14.4. The fourth-order valence-corrected chi connectivity index (χ4v) is 4.13. The quantitative estimate of drug-likeness (QED) is 0.186. The van der Waals surface area contributed by atoms with Crippen molar-refractivity contribution in [3.63, 3.8) is 0 Å². The fourth-order valence-electron chi connectivity index (χ4n) is 4.13. The number of carbonyl (C=O) groups excluding carboxylic acids is 1. The van der Waals surface area contributed by atoms with Crippen molar-refractivity contribution >= 4 is 40.1 Å². The lowest BCUT2D eigenvalue weighted by atomic mass is 10.2. The van der Waals surface area contributed by atoms with E-state index in [9.17, 15) is 9.59 Å². The van der Waals surface area contributed by atoms with Crippen LogP contribution in [0.3, 0.4) is 0 Å². The molecule has 11 nitrogen and oxygen atoms in total. The molecule has 0 saturated carbocycles. The highest BCUT2D eigenvalue weighted by molar-refractivity contribution is 6.01. The minimum absolute atomic E-state index is 0.0327. The van der Waals surface area contributed by atoms with Crippen molar-refractivity contribution in [3.05, 3.63) is 65.6 Å². The third-order valence-electron chi connectivity index (χ3n) is 6.02. The number of anilines is 3. The van der Waals surface area contributed by atoms with Gasteiger partial charge < -0.3 is 20.4 Å². The number of carbonyl (C=O) groups is 1. The van der Waals surface area contributed by atoms with Crippen LogP contribution in [0.15, 0.2) is 60.1 Å². The Hall–Kier alpha value is -4.25. The molecule has 1 fully saturated rings. The van der Waals surface area contributed by atoms with E-state index in [1.807, 2.05) is 26.0 Å². The lowest BCUT2D eigenvalue weighted by molar-refractivity contribution is -0.116. The number of fused-ring (bicyclic) bond motifs is 1. The largest absolute Gasteiger partial charge is 0.369 e. The van der Waals surface area contributed by atoms with Crippen molar-refractivity contribution < 1.29 is 4.79 Å². The van der Waals surface area contributed by atoms with Gasteiger partial charge in [-0.3, -0.25) is 15.0 Å². The number of hydrogen-bond donors (Lipinski definition) is 3. The van der Waals surface area contributed by atoms with Crippen LogP contribution in [0.2, 0.25) is 0 Å². The molecule has 194 valence electrons. The summed E-state index contributed by atoms with van der Waals surface area (Å²) in [5.74, 6) is -0.126. The molecule has 0 atom stereocenters. The first kappa shape index (κ1) is 25.8. The monoisotopic (exact) mass is 503 g/mol. The molecule has 0 radical (unpaired) electrons. The zero-order chi connectivity index (χ0) is 26.5. The molecule has 1 amide bonds. The van der Waals surface area contributed by atoms with E-state index in [4.69, 9.17) is 5.41 Å². The number of aromatic nitrogens is 4. The molecule has 0 unspecified atom stereocenters. The molecular weight excluding hydrogens is 470 g/mol. The van der Waals surface area contributed by atoms with Crippen molar-refractivity contribution in [3.8, 4) is 0 Å². The summed E-state index contributed by atoms with van der Waals surface area (Å²) in [4.78, 5) is 38.6. The van der Waals surface area contributed by atoms with E-state index in [1.165, 1.54) is 27.7 Å². The molecule has 11 heteroatoms. The Labute approximate surface area is 215 Å². The topological polar surface area (TPSA) is 124 Å². The summed E-state index contributed by atoms with van der Waals surface area (Å²) < 4.78 is 2.70. The van der Waals surface area contributed by atoms with E-state index in [-0.39, 0.29) is 40.9 Å². The molecule has 2 aromatic heterocycles. The first-order valence-electron chi connectivity index (χ1n) is 12.2. The Morgan fingerprint density at radius 1 is 1.16 bits per heavy atom. The van der Waals surface area contributed by atoms with Crippen LogP contribution < -0.4 is 21.1 Å². The van der Waals surface area contributed by atoms with E-state index >= 15 is 0 Å². The highest BCUT2D eigenvalue weighted by Crippen LogP contribution is 2.21. The minimum Gasteiger partial charge on any atom is -0.369 e. The van der Waals surface area contributed by atoms with Crippen molar-refractivity contribution in [1.82, 2.24) is 29.5 Å². The molecular formula is C26H33N9O2. The Kier molecular flexibility index (Phi) is 7.83. The Morgan fingerprint density at radius 3 is 2.51 bits per heavy atom. The summed E-state index contributed by atoms with van der Waals surface area (Å²) in [5, 5.41) is 14.7. The zero-order valence-electron chi connectivity index (χ0n) is 21.4. The van der Waals surface area contributed by atoms with Gasteiger partial charge in [-0.1, -0.05) is 6.08 Å². The molecule has 1 saturated heterocycles. The van der Waals surface area contributed by atoms with E-state index in [2.05, 4.69) is 56.2 Å². The average molecular weight is 504 g/mol. The van der Waals surface area contributed by atoms with Crippen molar-refractivity contribution in [2.75, 3.05) is 43.4 Å². The molecule has 3 aromatic rings. The van der Waals surface area contributed by atoms with Gasteiger partial charge in [-0.25, -0.2) is 14.3 Å². The van der Waals surface area contributed by atoms with Crippen molar-refractivity contribution in [2.45, 2.75) is 26.4 Å². The lowest BCUT2D eigenvalue weighted by Gasteiger charge is -2.34. The van der Waals surface area contributed by atoms with Crippen LogP contribution in [0.5, 0.6) is 0 Å². The van der Waals surface area contributed by atoms with Crippen LogP contribution in [0.25, 0.3) is 11.0 Å². The minimum atomic E-state index is -0.345. The number of nitrogens with one attached hydrogen (secondary N) is 3. The van der Waals surface area contributed by atoms with Gasteiger partial charge in [-0.2, -0.15) is 4.98 Å². The lowest BCUT2D eigenvalue weighted by Crippen LogP contribution is -2.44. The fraction of sp³-hybridized carbons (Fsp3) is 0.346. The number of nitrogens with zero attached hydrogens (tertiary/aromatic N) is 6. The van der Waals surface area contributed by atoms with Crippen LogP contribution in [0, 0.1) is 5.41 Å². The number of hydrogen-bond acceptors (Lipinski definition) is 8. The SMILES string of the molecule is C=CCn1c(=O)c2cnc(Nc3ccc(N4CCN(C)CC4)cc3)nc2n1C(=N)/C=C\C(=O)NC(C)C. The summed E-state index contributed by atoms with van der Waals surface area (Å²) in [7, 11) is 2.13. The van der Waals surface area contributed by atoms with Crippen LogP contribution in [-0.4, -0.2) is 75.2 Å². The highest BCUT2D eigenvalue weighted by Gasteiger charge is 2.18. The van der Waals surface area contributed by atoms with Crippen molar-refractivity contribution in [2.24, 2.45) is 0 Å². The van der Waals surface area contributed by atoms with Crippen LogP contribution in [0.1, 0.15) is 13.8 Å². The van der Waals surface area contributed by atoms with Gasteiger partial charge in [0, 0.05) is 55.9 Å². The molecule has 0 spiro atoms. The maximum atomic E-state index is 13.0. The van der Waals surface area contributed by atoms with E-state index in [0.29, 0.717) is 5.95 Å². The number of piperazine rings is 1. The molecule has 4 rings (SSSR count). The average Bonchev–Trinajstić information content (AvgIpc) is 3.14. The Balaban J connectivity index is 1.60. The van der Waals surface area contributed by atoms with Crippen LogP contribution >= 0.6 is 0 Å². The number of allylic oxidation sites excluding steroid dienone is 2. The summed E-state index contributed by atoms with van der Waals surface area (Å²) in [5.41, 5.74) is 1.88. The molecule has 1 aliphatic rings. The van der Waals surface area contributed by atoms with E-state index in [0.717, 1.165) is 37.6 Å². The van der Waals surface area contributed by atoms with Gasteiger partial charge in [0.25, 0.3) is 5.56 Å². The summed E-state index contributed by atoms with van der Waals surface area (Å²) in [6.07, 6.45) is 5.61. The second-order valence-electron chi connectivity index (χ2n) is 9.26. The number of benzene rings is 1. The van der Waals surface area contributed by atoms with Crippen molar-refractivity contribution in [1.29, 1.82) is 5.41 Å². The molecule has 3 heterocycles. The standard InChI is InChI=1S/C26H33N9O2/c1-5-12-34-25(37)21-17-28-26(31-24(21)35(34)22(27)10-11-23(36)29-18(2)3)30-19-6-8-20(9-7-19)33-15-13-32(4)14-16-33/h5-11,17-18,27H,1,12-16H2,2-4H3,(H,29,36)(H,28,30,31)/b11-10-,27-22?. The van der Waals surface area contributed by atoms with E-state index < -0.39 is 0 Å². The second kappa shape index (κ2) is 11.2. The summed E-state index contributed by atoms with van der Waals surface area (Å²) in [6, 6.07) is 8.02. The Morgan fingerprint density at radius 2 is 1.86 bits per heavy atom. The number of rotatable bonds is 8. The van der Waals surface area contributed by atoms with Gasteiger partial charge in [0.2, 0.25) is 11.9 Å². The van der Waals surface area contributed by atoms with Gasteiger partial charge in [0.05, 0.1) is 6.54 Å². The molecule has 37 heavy (non-hydrogen) atoms. The van der Waals surface area contributed by atoms with Gasteiger partial charge in [-0.15, -0.1) is 6.58 Å². The molecule has 1 aromatic carbocycles. The smallest absolute Gasteiger partial charge is 0.278 e. The maximum Gasteiger partial charge on any atom is 0.278 e. The highest BCUT2D eigenvalue weighted by atomic mass is 16.1. The number of amides is 1. The van der Waals surface area contributed by atoms with Crippen LogP contribution in [0.4, 0.5) is 17.3 Å². The first-order valence-corrected chi connectivity index (χ1v) is 12.2. The first-order chi connectivity index (χ1) is 17.8. The van der Waals surface area contributed by atoms with Gasteiger partial charge in [0.1, 0.15) is 11.2 Å². The third kappa shape index (κ3) is 5.95. The third-order valence-corrected chi connectivity index (χ3v) is 6.02. The molecule has 3 N–H and O–H groups in total. The van der Waals surface area contributed by atoms with E-state index in [1.54, 1.807) is 6.08 Å². The zero-order valence-corrected chi connectivity index (χ0v) is 21.4. The van der Waals surface area contributed by atoms with Crippen LogP contribution in [-0.2, 0) is 11.3 Å².